The van der Waals surface area contributed by atoms with E-state index in [-0.39, 0.29) is 24.6 Å². The van der Waals surface area contributed by atoms with Crippen LogP contribution in [0.1, 0.15) is 17.9 Å². The van der Waals surface area contributed by atoms with Crippen molar-refractivity contribution in [3.05, 3.63) is 58.6 Å². The monoisotopic (exact) mass is 313 g/mol. The van der Waals surface area contributed by atoms with Crippen molar-refractivity contribution in [3.8, 4) is 11.5 Å². The molecule has 0 spiro atoms. The molecule has 8 heteroatoms. The van der Waals surface area contributed by atoms with E-state index in [1.165, 1.54) is 6.26 Å². The molecule has 118 valence electrons. The van der Waals surface area contributed by atoms with Gasteiger partial charge in [0.2, 0.25) is 11.8 Å². The number of carbonyl (C=O) groups is 1. The van der Waals surface area contributed by atoms with Crippen LogP contribution in [0.5, 0.6) is 0 Å². The van der Waals surface area contributed by atoms with Gasteiger partial charge in [0.1, 0.15) is 12.1 Å². The third-order valence-electron chi connectivity index (χ3n) is 3.18. The van der Waals surface area contributed by atoms with Gasteiger partial charge in [-0.3, -0.25) is 9.78 Å². The third-order valence-corrected chi connectivity index (χ3v) is 3.18. The van der Waals surface area contributed by atoms with Crippen LogP contribution in [0.15, 0.2) is 45.8 Å². The Bertz CT molecular complexity index is 834. The van der Waals surface area contributed by atoms with Crippen LogP contribution < -0.4 is 11.0 Å². The summed E-state index contributed by atoms with van der Waals surface area (Å²) in [6.07, 6.45) is 2.11. The smallest absolute Gasteiger partial charge is 0.340 e. The molecule has 0 saturated heterocycles. The molecule has 3 N–H and O–H groups in total. The maximum absolute atomic E-state index is 11.8. The molecule has 2 aromatic heterocycles. The number of H-pyrrole nitrogens is 2. The lowest BCUT2D eigenvalue weighted by molar-refractivity contribution is -0.121. The van der Waals surface area contributed by atoms with Gasteiger partial charge in [-0.05, 0) is 12.1 Å². The molecule has 3 rings (SSSR count). The van der Waals surface area contributed by atoms with Gasteiger partial charge in [-0.1, -0.05) is 18.2 Å². The number of aromatic nitrogens is 4. The Morgan fingerprint density at radius 1 is 1.26 bits per heavy atom. The highest BCUT2D eigenvalue weighted by Gasteiger charge is 2.08. The largest absolute Gasteiger partial charge is 0.444 e. The van der Waals surface area contributed by atoms with Crippen LogP contribution in [0.2, 0.25) is 0 Å². The summed E-state index contributed by atoms with van der Waals surface area (Å²) in [5, 5.41) is 8.75. The van der Waals surface area contributed by atoms with E-state index in [2.05, 4.69) is 25.5 Å². The Morgan fingerprint density at radius 3 is 2.83 bits per heavy atom. The first-order valence-corrected chi connectivity index (χ1v) is 7.11. The van der Waals surface area contributed by atoms with Crippen LogP contribution in [0.3, 0.4) is 0 Å². The second-order valence-electron chi connectivity index (χ2n) is 4.91. The Morgan fingerprint density at radius 2 is 2.09 bits per heavy atom. The van der Waals surface area contributed by atoms with Crippen LogP contribution in [-0.4, -0.2) is 26.1 Å². The predicted octanol–water partition coefficient (Wildman–Crippen LogP) is 1.00. The lowest BCUT2D eigenvalue weighted by atomic mass is 10.2. The van der Waals surface area contributed by atoms with Gasteiger partial charge in [-0.15, -0.1) is 0 Å². The van der Waals surface area contributed by atoms with Gasteiger partial charge < -0.3 is 9.73 Å². The predicted molar refractivity (Wildman–Crippen MR) is 81.3 cm³/mol. The van der Waals surface area contributed by atoms with Crippen molar-refractivity contribution in [2.24, 2.45) is 0 Å². The summed E-state index contributed by atoms with van der Waals surface area (Å²) in [6.45, 7) is 0.284. The first-order chi connectivity index (χ1) is 11.2. The van der Waals surface area contributed by atoms with Gasteiger partial charge in [-0.25, -0.2) is 14.9 Å². The maximum atomic E-state index is 11.8. The molecule has 0 unspecified atom stereocenters. The van der Waals surface area contributed by atoms with Crippen molar-refractivity contribution in [3.63, 3.8) is 0 Å². The molecule has 0 radical (unpaired) electrons. The van der Waals surface area contributed by atoms with Crippen molar-refractivity contribution >= 4 is 5.91 Å². The molecule has 2 heterocycles. The fourth-order valence-corrected chi connectivity index (χ4v) is 2.03. The number of aryl methyl sites for hydroxylation is 1. The van der Waals surface area contributed by atoms with Gasteiger partial charge >= 0.3 is 5.69 Å². The number of amides is 1. The number of aromatic amines is 2. The standard InChI is InChI=1S/C15H15N5O3/c21-13(7-6-12-18-15(22)20-19-12)16-8-11-9-23-14(17-11)10-4-2-1-3-5-10/h1-5,9H,6-8H2,(H,16,21)(H2,18,19,20,22). The van der Waals surface area contributed by atoms with Crippen molar-refractivity contribution < 1.29 is 9.21 Å². The highest BCUT2D eigenvalue weighted by molar-refractivity contribution is 5.75. The normalized spacial score (nSPS) is 10.6. The van der Waals surface area contributed by atoms with Crippen molar-refractivity contribution in [2.75, 3.05) is 0 Å². The second-order valence-corrected chi connectivity index (χ2v) is 4.91. The zero-order chi connectivity index (χ0) is 16.1. The lowest BCUT2D eigenvalue weighted by Gasteiger charge is -2.01. The summed E-state index contributed by atoms with van der Waals surface area (Å²) in [4.78, 5) is 29.5. The number of hydrogen-bond donors (Lipinski definition) is 3. The van der Waals surface area contributed by atoms with Crippen LogP contribution in [0.4, 0.5) is 0 Å². The summed E-state index contributed by atoms with van der Waals surface area (Å²) < 4.78 is 5.40. The number of rotatable bonds is 6. The van der Waals surface area contributed by atoms with E-state index in [1.807, 2.05) is 30.3 Å². The molecular weight excluding hydrogens is 298 g/mol. The van der Waals surface area contributed by atoms with Crippen LogP contribution in [0, 0.1) is 0 Å². The zero-order valence-electron chi connectivity index (χ0n) is 12.2. The van der Waals surface area contributed by atoms with Gasteiger partial charge in [0.25, 0.3) is 0 Å². The van der Waals surface area contributed by atoms with E-state index < -0.39 is 0 Å². The Hall–Kier alpha value is -3.16. The zero-order valence-corrected chi connectivity index (χ0v) is 12.2. The minimum Gasteiger partial charge on any atom is -0.444 e. The number of benzene rings is 1. The van der Waals surface area contributed by atoms with Gasteiger partial charge in [0.15, 0.2) is 0 Å². The van der Waals surface area contributed by atoms with Crippen LogP contribution in [0.25, 0.3) is 11.5 Å². The minimum atomic E-state index is -0.378. The minimum absolute atomic E-state index is 0.155. The van der Waals surface area contributed by atoms with Gasteiger partial charge in [0, 0.05) is 18.4 Å². The van der Waals surface area contributed by atoms with E-state index >= 15 is 0 Å². The molecule has 0 bridgehead atoms. The molecule has 1 amide bonds. The van der Waals surface area contributed by atoms with E-state index in [1.54, 1.807) is 0 Å². The van der Waals surface area contributed by atoms with E-state index in [0.29, 0.717) is 23.8 Å². The summed E-state index contributed by atoms with van der Waals surface area (Å²) in [5.41, 5.74) is 1.15. The van der Waals surface area contributed by atoms with Gasteiger partial charge in [-0.2, -0.15) is 5.10 Å². The molecule has 0 fully saturated rings. The van der Waals surface area contributed by atoms with Crippen LogP contribution in [-0.2, 0) is 17.8 Å². The third kappa shape index (κ3) is 3.94. The van der Waals surface area contributed by atoms with Crippen molar-refractivity contribution in [1.82, 2.24) is 25.5 Å². The fraction of sp³-hybridized carbons (Fsp3) is 0.200. The molecule has 0 aliphatic rings. The van der Waals surface area contributed by atoms with Gasteiger partial charge in [0.05, 0.1) is 12.2 Å². The molecule has 8 nitrogen and oxygen atoms in total. The summed E-state index contributed by atoms with van der Waals surface area (Å²) in [7, 11) is 0. The molecule has 1 aromatic carbocycles. The number of carbonyl (C=O) groups excluding carboxylic acids is 1. The Kier molecular flexibility index (Phi) is 4.32. The topological polar surface area (TPSA) is 117 Å². The average Bonchev–Trinajstić information content (AvgIpc) is 3.21. The Balaban J connectivity index is 1.49. The first-order valence-electron chi connectivity index (χ1n) is 7.11. The van der Waals surface area contributed by atoms with E-state index in [4.69, 9.17) is 4.42 Å². The molecule has 0 aliphatic heterocycles. The molecule has 3 aromatic rings. The summed E-state index contributed by atoms with van der Waals surface area (Å²) in [6, 6.07) is 9.53. The summed E-state index contributed by atoms with van der Waals surface area (Å²) >= 11 is 0. The molecule has 23 heavy (non-hydrogen) atoms. The lowest BCUT2D eigenvalue weighted by Crippen LogP contribution is -2.23. The number of hydrogen-bond acceptors (Lipinski definition) is 5. The molecule has 0 aliphatic carbocycles. The average molecular weight is 313 g/mol. The Labute approximate surface area is 131 Å². The highest BCUT2D eigenvalue weighted by Crippen LogP contribution is 2.17. The number of oxazole rings is 1. The summed E-state index contributed by atoms with van der Waals surface area (Å²) in [5.74, 6) is 0.819. The second kappa shape index (κ2) is 6.73. The number of nitrogens with one attached hydrogen (secondary N) is 3. The van der Waals surface area contributed by atoms with Crippen molar-refractivity contribution in [1.29, 1.82) is 0 Å². The number of nitrogens with zero attached hydrogens (tertiary/aromatic N) is 2. The quantitative estimate of drug-likeness (QED) is 0.627. The van der Waals surface area contributed by atoms with Crippen molar-refractivity contribution in [2.45, 2.75) is 19.4 Å². The van der Waals surface area contributed by atoms with E-state index in [9.17, 15) is 9.59 Å². The molecular formula is C15H15N5O3. The van der Waals surface area contributed by atoms with E-state index in [0.717, 1.165) is 5.56 Å². The molecule has 0 saturated carbocycles. The highest BCUT2D eigenvalue weighted by atomic mass is 16.3. The molecule has 0 atom stereocenters. The van der Waals surface area contributed by atoms with Crippen LogP contribution >= 0.6 is 0 Å². The maximum Gasteiger partial charge on any atom is 0.340 e. The fourth-order valence-electron chi connectivity index (χ4n) is 2.03. The first kappa shape index (κ1) is 14.8. The SMILES string of the molecule is O=C(CCc1n[nH]c(=O)[nH]1)NCc1coc(-c2ccccc2)n1.